The van der Waals surface area contributed by atoms with E-state index in [2.05, 4.69) is 16.2 Å². The fourth-order valence-corrected chi connectivity index (χ4v) is 5.57. The van der Waals surface area contributed by atoms with Gasteiger partial charge in [-0.3, -0.25) is 15.0 Å². The van der Waals surface area contributed by atoms with Crippen LogP contribution in [-0.2, 0) is 32.1 Å². The zero-order chi connectivity index (χ0) is 32.0. The van der Waals surface area contributed by atoms with Gasteiger partial charge in [0.05, 0.1) is 6.26 Å². The normalized spacial score (nSPS) is 12.4. The van der Waals surface area contributed by atoms with Crippen molar-refractivity contribution < 1.29 is 38.2 Å². The van der Waals surface area contributed by atoms with Crippen LogP contribution in [0.3, 0.4) is 0 Å². The first-order valence-electron chi connectivity index (χ1n) is 14.5. The van der Waals surface area contributed by atoms with Gasteiger partial charge >= 0.3 is 18.0 Å². The van der Waals surface area contributed by atoms with Gasteiger partial charge in [0.1, 0.15) is 19.3 Å². The quantitative estimate of drug-likeness (QED) is 0.137. The first-order chi connectivity index (χ1) is 22.4. The van der Waals surface area contributed by atoms with Crippen molar-refractivity contribution in [1.29, 1.82) is 0 Å². The molecule has 1 heterocycles. The van der Waals surface area contributed by atoms with Gasteiger partial charge in [-0.25, -0.2) is 15.0 Å². The van der Waals surface area contributed by atoms with Crippen LogP contribution < -0.4 is 20.9 Å². The monoisotopic (exact) mass is 619 g/mol. The number of para-hydroxylation sites is 1. The standard InChI is InChI=1S/C35H29N3O8/c39-32(37-38-35(43)46-20-28-26-13-6-4-11-24(26)25-12-5-7-14-27(25)28)29(36-33(40)34(41)42)17-22-19-45-31-23(22)15-8-16-30(31)44-18-21-9-2-1-3-10-21/h1-16,19,28-29H,17-18,20H2,(H,36,40)(H,37,39)(H,38,43)(H,41,42). The predicted octanol–water partition coefficient (Wildman–Crippen LogP) is 4.69. The summed E-state index contributed by atoms with van der Waals surface area (Å²) < 4.78 is 17.1. The van der Waals surface area contributed by atoms with Crippen LogP contribution in [0, 0.1) is 0 Å². The van der Waals surface area contributed by atoms with Crippen LogP contribution in [0.15, 0.2) is 108 Å². The molecule has 0 aliphatic heterocycles. The Morgan fingerprint density at radius 3 is 2.17 bits per heavy atom. The van der Waals surface area contributed by atoms with Crippen molar-refractivity contribution in [2.75, 3.05) is 6.61 Å². The van der Waals surface area contributed by atoms with Crippen LogP contribution in [-0.4, -0.2) is 41.6 Å². The van der Waals surface area contributed by atoms with E-state index in [4.69, 9.17) is 19.0 Å². The Labute approximate surface area is 263 Å². The number of hydrogen-bond acceptors (Lipinski definition) is 7. The molecule has 0 fully saturated rings. The number of rotatable bonds is 9. The average Bonchev–Trinajstić information content (AvgIpc) is 3.64. The lowest BCUT2D eigenvalue weighted by molar-refractivity contribution is -0.151. The van der Waals surface area contributed by atoms with Crippen LogP contribution in [0.1, 0.15) is 28.2 Å². The number of nitrogens with one attached hydrogen (secondary N) is 3. The molecule has 6 rings (SSSR count). The van der Waals surface area contributed by atoms with E-state index in [1.807, 2.05) is 78.9 Å². The molecule has 46 heavy (non-hydrogen) atoms. The van der Waals surface area contributed by atoms with Gasteiger partial charge in [0.15, 0.2) is 11.3 Å². The highest BCUT2D eigenvalue weighted by Crippen LogP contribution is 2.44. The van der Waals surface area contributed by atoms with E-state index in [1.54, 1.807) is 18.2 Å². The summed E-state index contributed by atoms with van der Waals surface area (Å²) in [6, 6.07) is 29.2. The number of hydrazine groups is 1. The highest BCUT2D eigenvalue weighted by molar-refractivity contribution is 6.32. The summed E-state index contributed by atoms with van der Waals surface area (Å²) in [5.74, 6) is -3.74. The number of carboxylic acids is 1. The van der Waals surface area contributed by atoms with Crippen LogP contribution in [0.4, 0.5) is 4.79 Å². The molecule has 232 valence electrons. The maximum Gasteiger partial charge on any atom is 0.426 e. The molecule has 5 aromatic rings. The zero-order valence-corrected chi connectivity index (χ0v) is 24.4. The molecular weight excluding hydrogens is 590 g/mol. The summed E-state index contributed by atoms with van der Waals surface area (Å²) in [4.78, 5) is 49.1. The summed E-state index contributed by atoms with van der Waals surface area (Å²) in [5, 5.41) is 12.0. The molecule has 1 atom stereocenters. The Bertz CT molecular complexity index is 1870. The Kier molecular flexibility index (Phi) is 8.64. The van der Waals surface area contributed by atoms with E-state index in [-0.39, 0.29) is 18.9 Å². The molecule has 1 aliphatic carbocycles. The van der Waals surface area contributed by atoms with Gasteiger partial charge in [-0.05, 0) is 33.9 Å². The topological polar surface area (TPSA) is 156 Å². The predicted molar refractivity (Wildman–Crippen MR) is 167 cm³/mol. The summed E-state index contributed by atoms with van der Waals surface area (Å²) in [7, 11) is 0. The first kappa shape index (κ1) is 29.9. The average molecular weight is 620 g/mol. The van der Waals surface area contributed by atoms with Gasteiger partial charge in [0, 0.05) is 23.3 Å². The molecule has 0 saturated heterocycles. The second kappa shape index (κ2) is 13.3. The maximum absolute atomic E-state index is 13.1. The summed E-state index contributed by atoms with van der Waals surface area (Å²) in [6.45, 7) is 0.321. The lowest BCUT2D eigenvalue weighted by Gasteiger charge is -2.18. The van der Waals surface area contributed by atoms with Crippen LogP contribution in [0.5, 0.6) is 5.75 Å². The van der Waals surface area contributed by atoms with E-state index in [0.717, 1.165) is 27.8 Å². The molecule has 0 radical (unpaired) electrons. The highest BCUT2D eigenvalue weighted by Gasteiger charge is 2.30. The van der Waals surface area contributed by atoms with Gasteiger partial charge in [-0.2, -0.15) is 0 Å². The molecule has 4 N–H and O–H groups in total. The number of furan rings is 1. The molecule has 0 saturated carbocycles. The van der Waals surface area contributed by atoms with E-state index >= 15 is 0 Å². The van der Waals surface area contributed by atoms with Gasteiger partial charge < -0.3 is 24.3 Å². The second-order valence-electron chi connectivity index (χ2n) is 10.6. The fourth-order valence-electron chi connectivity index (χ4n) is 5.57. The number of benzene rings is 4. The van der Waals surface area contributed by atoms with Crippen molar-refractivity contribution >= 4 is 34.8 Å². The molecule has 4 aromatic carbocycles. The van der Waals surface area contributed by atoms with E-state index in [0.29, 0.717) is 28.9 Å². The molecule has 1 aliphatic rings. The fraction of sp³-hybridized carbons (Fsp3) is 0.143. The number of ether oxygens (including phenoxy) is 2. The zero-order valence-electron chi connectivity index (χ0n) is 24.4. The van der Waals surface area contributed by atoms with Gasteiger partial charge in [-0.15, -0.1) is 0 Å². The molecule has 11 nitrogen and oxygen atoms in total. The smallest absolute Gasteiger partial charge is 0.426 e. The molecule has 11 heteroatoms. The third-order valence-electron chi connectivity index (χ3n) is 7.75. The van der Waals surface area contributed by atoms with E-state index < -0.39 is 29.9 Å². The lowest BCUT2D eigenvalue weighted by Crippen LogP contribution is -2.54. The number of amides is 3. The van der Waals surface area contributed by atoms with Crippen molar-refractivity contribution in [3.8, 4) is 16.9 Å². The van der Waals surface area contributed by atoms with Crippen molar-refractivity contribution in [3.05, 3.63) is 126 Å². The molecule has 3 amide bonds. The first-order valence-corrected chi connectivity index (χ1v) is 14.5. The summed E-state index contributed by atoms with van der Waals surface area (Å²) >= 11 is 0. The van der Waals surface area contributed by atoms with Gasteiger partial charge in [0.2, 0.25) is 0 Å². The number of carbonyl (C=O) groups excluding carboxylic acids is 3. The van der Waals surface area contributed by atoms with E-state index in [1.165, 1.54) is 6.26 Å². The Morgan fingerprint density at radius 2 is 1.48 bits per heavy atom. The van der Waals surface area contributed by atoms with Crippen molar-refractivity contribution in [3.63, 3.8) is 0 Å². The molecule has 0 bridgehead atoms. The lowest BCUT2D eigenvalue weighted by atomic mass is 9.98. The Hall–Kier alpha value is -6.10. The largest absolute Gasteiger partial charge is 0.485 e. The van der Waals surface area contributed by atoms with Crippen molar-refractivity contribution in [2.24, 2.45) is 0 Å². The van der Waals surface area contributed by atoms with Crippen molar-refractivity contribution in [2.45, 2.75) is 25.0 Å². The maximum atomic E-state index is 13.1. The Morgan fingerprint density at radius 1 is 0.804 bits per heavy atom. The molecule has 1 unspecified atom stereocenters. The summed E-state index contributed by atoms with van der Waals surface area (Å²) in [5.41, 5.74) is 10.5. The van der Waals surface area contributed by atoms with Gasteiger partial charge in [0.25, 0.3) is 5.91 Å². The highest BCUT2D eigenvalue weighted by atomic mass is 16.6. The minimum Gasteiger partial charge on any atom is -0.485 e. The van der Waals surface area contributed by atoms with Crippen LogP contribution >= 0.6 is 0 Å². The number of aliphatic carboxylic acids is 1. The SMILES string of the molecule is O=C(NNC(=O)C(Cc1coc2c(OCc3ccccc3)cccc12)NC(=O)C(=O)O)OCC1c2ccccc2-c2ccccc21. The Balaban J connectivity index is 1.11. The molecule has 0 spiro atoms. The van der Waals surface area contributed by atoms with Crippen LogP contribution in [0.2, 0.25) is 0 Å². The van der Waals surface area contributed by atoms with Gasteiger partial charge in [-0.1, -0.05) is 91.0 Å². The summed E-state index contributed by atoms with van der Waals surface area (Å²) in [6.07, 6.45) is 0.339. The number of carboxylic acid groups (broad SMARTS) is 1. The number of hydrogen-bond donors (Lipinski definition) is 4. The minimum atomic E-state index is -1.77. The number of fused-ring (bicyclic) bond motifs is 4. The number of carbonyl (C=O) groups is 4. The molecule has 1 aromatic heterocycles. The van der Waals surface area contributed by atoms with E-state index in [9.17, 15) is 19.2 Å². The van der Waals surface area contributed by atoms with Crippen LogP contribution in [0.25, 0.3) is 22.1 Å². The minimum absolute atomic E-state index is 0.0184. The molecular formula is C35H29N3O8. The second-order valence-corrected chi connectivity index (χ2v) is 10.6. The third kappa shape index (κ3) is 6.39. The van der Waals surface area contributed by atoms with Crippen molar-refractivity contribution in [1.82, 2.24) is 16.2 Å². The third-order valence-corrected chi connectivity index (χ3v) is 7.75.